The van der Waals surface area contributed by atoms with Gasteiger partial charge < -0.3 is 9.47 Å². The largest absolute Gasteiger partial charge is 0.459 e. The molecule has 2 rings (SSSR count). The van der Waals surface area contributed by atoms with Crippen molar-refractivity contribution in [1.82, 2.24) is 0 Å². The van der Waals surface area contributed by atoms with E-state index in [0.717, 1.165) is 31.2 Å². The summed E-state index contributed by atoms with van der Waals surface area (Å²) >= 11 is 0. The zero-order valence-corrected chi connectivity index (χ0v) is 12.9. The maximum Gasteiger partial charge on any atom is 0.331 e. The molecule has 1 aliphatic carbocycles. The Morgan fingerprint density at radius 3 is 2.45 bits per heavy atom. The van der Waals surface area contributed by atoms with Gasteiger partial charge in [-0.05, 0) is 49.5 Å². The van der Waals surface area contributed by atoms with Crippen molar-refractivity contribution >= 4 is 18.0 Å². The molecule has 1 aromatic carbocycles. The van der Waals surface area contributed by atoms with E-state index < -0.39 is 0 Å². The van der Waals surface area contributed by atoms with E-state index in [-0.39, 0.29) is 18.0 Å². The summed E-state index contributed by atoms with van der Waals surface area (Å²) in [6, 6.07) is 7.00. The van der Waals surface area contributed by atoms with Crippen LogP contribution in [0.25, 0.3) is 6.08 Å². The Balaban J connectivity index is 1.84. The monoisotopic (exact) mass is 302 g/mol. The summed E-state index contributed by atoms with van der Waals surface area (Å²) in [5.41, 5.74) is 0.858. The second-order valence-corrected chi connectivity index (χ2v) is 5.43. The van der Waals surface area contributed by atoms with E-state index in [2.05, 4.69) is 0 Å². The number of carbonyl (C=O) groups excluding carboxylic acids is 2. The Morgan fingerprint density at radius 1 is 1.14 bits per heavy atom. The molecule has 0 amide bonds. The highest BCUT2D eigenvalue weighted by molar-refractivity contribution is 5.87. The maximum atomic E-state index is 11.8. The van der Waals surface area contributed by atoms with Crippen molar-refractivity contribution < 1.29 is 19.1 Å². The average Bonchev–Trinajstić information content (AvgIpc) is 2.55. The van der Waals surface area contributed by atoms with Crippen LogP contribution in [0.4, 0.5) is 0 Å². The number of esters is 2. The fraction of sp³-hybridized carbons (Fsp3) is 0.444. The van der Waals surface area contributed by atoms with Crippen molar-refractivity contribution in [1.29, 1.82) is 0 Å². The number of hydrogen-bond donors (Lipinski definition) is 0. The van der Waals surface area contributed by atoms with Gasteiger partial charge in [0.2, 0.25) is 0 Å². The number of rotatable bonds is 5. The SMILES string of the molecule is CCC(=O)Oc1ccc(/C=C/C(=O)OC2CCCCC2)cc1. The lowest BCUT2D eigenvalue weighted by Crippen LogP contribution is -2.19. The first kappa shape index (κ1) is 16.3. The van der Waals surface area contributed by atoms with Crippen LogP contribution in [0, 0.1) is 0 Å². The third-order valence-corrected chi connectivity index (χ3v) is 3.65. The molecule has 0 atom stereocenters. The lowest BCUT2D eigenvalue weighted by Gasteiger charge is -2.20. The van der Waals surface area contributed by atoms with Crippen LogP contribution < -0.4 is 4.74 Å². The van der Waals surface area contributed by atoms with Crippen molar-refractivity contribution in [3.8, 4) is 5.75 Å². The van der Waals surface area contributed by atoms with Crippen LogP contribution in [-0.2, 0) is 14.3 Å². The van der Waals surface area contributed by atoms with E-state index in [0.29, 0.717) is 12.2 Å². The molecule has 1 fully saturated rings. The highest BCUT2D eigenvalue weighted by Gasteiger charge is 2.16. The van der Waals surface area contributed by atoms with Crippen molar-refractivity contribution in [3.63, 3.8) is 0 Å². The molecular weight excluding hydrogens is 280 g/mol. The minimum absolute atomic E-state index is 0.0710. The van der Waals surface area contributed by atoms with Gasteiger partial charge in [0.15, 0.2) is 0 Å². The van der Waals surface area contributed by atoms with Crippen LogP contribution in [0.1, 0.15) is 51.0 Å². The molecule has 0 heterocycles. The molecule has 0 saturated heterocycles. The van der Waals surface area contributed by atoms with Gasteiger partial charge in [0, 0.05) is 12.5 Å². The first-order valence-electron chi connectivity index (χ1n) is 7.87. The predicted molar refractivity (Wildman–Crippen MR) is 84.4 cm³/mol. The smallest absolute Gasteiger partial charge is 0.331 e. The molecule has 0 N–H and O–H groups in total. The van der Waals surface area contributed by atoms with Gasteiger partial charge in [-0.15, -0.1) is 0 Å². The van der Waals surface area contributed by atoms with E-state index in [1.165, 1.54) is 12.5 Å². The lowest BCUT2D eigenvalue weighted by atomic mass is 9.98. The summed E-state index contributed by atoms with van der Waals surface area (Å²) < 4.78 is 10.5. The highest BCUT2D eigenvalue weighted by Crippen LogP contribution is 2.20. The van der Waals surface area contributed by atoms with Crippen molar-refractivity contribution in [2.24, 2.45) is 0 Å². The second-order valence-electron chi connectivity index (χ2n) is 5.43. The lowest BCUT2D eigenvalue weighted by molar-refractivity contribution is -0.144. The maximum absolute atomic E-state index is 11.8. The van der Waals surface area contributed by atoms with Gasteiger partial charge in [-0.1, -0.05) is 25.5 Å². The van der Waals surface area contributed by atoms with Gasteiger partial charge >= 0.3 is 11.9 Å². The van der Waals surface area contributed by atoms with Crippen LogP contribution in [0.3, 0.4) is 0 Å². The van der Waals surface area contributed by atoms with E-state index in [9.17, 15) is 9.59 Å². The number of ether oxygens (including phenoxy) is 2. The van der Waals surface area contributed by atoms with E-state index in [4.69, 9.17) is 9.47 Å². The van der Waals surface area contributed by atoms with Crippen molar-refractivity contribution in [2.45, 2.75) is 51.6 Å². The first-order valence-corrected chi connectivity index (χ1v) is 7.87. The molecule has 4 nitrogen and oxygen atoms in total. The zero-order chi connectivity index (χ0) is 15.8. The van der Waals surface area contributed by atoms with E-state index >= 15 is 0 Å². The quantitative estimate of drug-likeness (QED) is 0.470. The van der Waals surface area contributed by atoms with Crippen LogP contribution in [-0.4, -0.2) is 18.0 Å². The molecule has 22 heavy (non-hydrogen) atoms. The van der Waals surface area contributed by atoms with Gasteiger partial charge in [0.25, 0.3) is 0 Å². The first-order chi connectivity index (χ1) is 10.7. The van der Waals surface area contributed by atoms with Crippen LogP contribution >= 0.6 is 0 Å². The predicted octanol–water partition coefficient (Wildman–Crippen LogP) is 3.89. The Kier molecular flexibility index (Phi) is 6.19. The normalized spacial score (nSPS) is 15.7. The van der Waals surface area contributed by atoms with Crippen molar-refractivity contribution in [2.75, 3.05) is 0 Å². The summed E-state index contributed by atoms with van der Waals surface area (Å²) in [6.45, 7) is 1.75. The van der Waals surface area contributed by atoms with Crippen LogP contribution in [0.5, 0.6) is 5.75 Å². The Labute approximate surface area is 131 Å². The molecule has 1 aromatic rings. The molecule has 4 heteroatoms. The second kappa shape index (κ2) is 8.37. The van der Waals surface area contributed by atoms with Gasteiger partial charge in [-0.25, -0.2) is 4.79 Å². The summed E-state index contributed by atoms with van der Waals surface area (Å²) in [7, 11) is 0. The molecule has 1 saturated carbocycles. The standard InChI is InChI=1S/C18H22O4/c1-2-17(19)21-16-11-8-14(9-12-16)10-13-18(20)22-15-6-4-3-5-7-15/h8-13,15H,2-7H2,1H3/b13-10+. The Hall–Kier alpha value is -2.10. The molecule has 0 radical (unpaired) electrons. The fourth-order valence-electron chi connectivity index (χ4n) is 2.40. The van der Waals surface area contributed by atoms with E-state index in [1.807, 2.05) is 0 Å². The number of hydrogen-bond acceptors (Lipinski definition) is 4. The molecular formula is C18H22O4. The van der Waals surface area contributed by atoms with Crippen LogP contribution in [0.2, 0.25) is 0 Å². The summed E-state index contributed by atoms with van der Waals surface area (Å²) in [5.74, 6) is -0.0541. The third kappa shape index (κ3) is 5.35. The molecule has 0 spiro atoms. The summed E-state index contributed by atoms with van der Waals surface area (Å²) in [4.78, 5) is 22.9. The Bertz CT molecular complexity index is 525. The highest BCUT2D eigenvalue weighted by atomic mass is 16.5. The summed E-state index contributed by atoms with van der Waals surface area (Å²) in [6.07, 6.45) is 9.01. The third-order valence-electron chi connectivity index (χ3n) is 3.65. The molecule has 0 bridgehead atoms. The number of carbonyl (C=O) groups is 2. The van der Waals surface area contributed by atoms with Crippen LogP contribution in [0.15, 0.2) is 30.3 Å². The van der Waals surface area contributed by atoms with Crippen molar-refractivity contribution in [3.05, 3.63) is 35.9 Å². The Morgan fingerprint density at radius 2 is 1.82 bits per heavy atom. The average molecular weight is 302 g/mol. The molecule has 0 unspecified atom stereocenters. The minimum Gasteiger partial charge on any atom is -0.459 e. The topological polar surface area (TPSA) is 52.6 Å². The van der Waals surface area contributed by atoms with Gasteiger partial charge in [0.1, 0.15) is 11.9 Å². The molecule has 0 aliphatic heterocycles. The zero-order valence-electron chi connectivity index (χ0n) is 12.9. The number of benzene rings is 1. The van der Waals surface area contributed by atoms with Gasteiger partial charge in [-0.2, -0.15) is 0 Å². The molecule has 1 aliphatic rings. The molecule has 118 valence electrons. The van der Waals surface area contributed by atoms with E-state index in [1.54, 1.807) is 37.3 Å². The molecule has 0 aromatic heterocycles. The summed E-state index contributed by atoms with van der Waals surface area (Å²) in [5, 5.41) is 0. The van der Waals surface area contributed by atoms with Gasteiger partial charge in [0.05, 0.1) is 0 Å². The van der Waals surface area contributed by atoms with Gasteiger partial charge in [-0.3, -0.25) is 4.79 Å². The fourth-order valence-corrected chi connectivity index (χ4v) is 2.40. The minimum atomic E-state index is -0.298.